The van der Waals surface area contributed by atoms with Crippen LogP contribution >= 0.6 is 0 Å². The topological polar surface area (TPSA) is 55.2 Å². The molecular formula is C19H18N2O2. The standard InChI is InChI=1S/C19H18N2O2/c1-12-4-2-6-16-15-5-3-7-17(15)19(20-18(12)16)13-8-10-14(11-9-13)21(22)23/h2-6,8-11,15,17,19-20H,7H2,1H3/t15-,17+,19-/m1/s1. The number of fused-ring (bicyclic) bond motifs is 3. The number of para-hydroxylation sites is 1. The van der Waals surface area contributed by atoms with Crippen molar-refractivity contribution in [1.29, 1.82) is 0 Å². The predicted molar refractivity (Wildman–Crippen MR) is 90.6 cm³/mol. The van der Waals surface area contributed by atoms with Gasteiger partial charge < -0.3 is 5.32 Å². The first-order valence-electron chi connectivity index (χ1n) is 7.92. The van der Waals surface area contributed by atoms with E-state index in [9.17, 15) is 10.1 Å². The Morgan fingerprint density at radius 2 is 1.96 bits per heavy atom. The van der Waals surface area contributed by atoms with Gasteiger partial charge in [-0.3, -0.25) is 10.1 Å². The summed E-state index contributed by atoms with van der Waals surface area (Å²) in [5, 5.41) is 14.6. The van der Waals surface area contributed by atoms with Crippen molar-refractivity contribution in [2.75, 3.05) is 5.32 Å². The fraction of sp³-hybridized carbons (Fsp3) is 0.263. The van der Waals surface area contributed by atoms with Gasteiger partial charge >= 0.3 is 0 Å². The maximum Gasteiger partial charge on any atom is 0.269 e. The second-order valence-corrected chi connectivity index (χ2v) is 6.36. The van der Waals surface area contributed by atoms with E-state index in [4.69, 9.17) is 0 Å². The second-order valence-electron chi connectivity index (χ2n) is 6.36. The van der Waals surface area contributed by atoms with Gasteiger partial charge in [0.15, 0.2) is 0 Å². The van der Waals surface area contributed by atoms with Gasteiger partial charge in [-0.25, -0.2) is 0 Å². The molecule has 1 heterocycles. The van der Waals surface area contributed by atoms with Gasteiger partial charge in [-0.05, 0) is 36.0 Å². The van der Waals surface area contributed by atoms with Crippen LogP contribution in [0.15, 0.2) is 54.6 Å². The highest BCUT2D eigenvalue weighted by atomic mass is 16.6. The number of benzene rings is 2. The molecule has 0 unspecified atom stereocenters. The van der Waals surface area contributed by atoms with E-state index >= 15 is 0 Å². The highest BCUT2D eigenvalue weighted by molar-refractivity contribution is 5.64. The summed E-state index contributed by atoms with van der Waals surface area (Å²) in [6.07, 6.45) is 5.60. The van der Waals surface area contributed by atoms with E-state index in [0.717, 1.165) is 12.0 Å². The Balaban J connectivity index is 1.75. The van der Waals surface area contributed by atoms with E-state index in [0.29, 0.717) is 11.8 Å². The van der Waals surface area contributed by atoms with Crippen LogP contribution in [0.3, 0.4) is 0 Å². The van der Waals surface area contributed by atoms with E-state index in [1.54, 1.807) is 12.1 Å². The minimum absolute atomic E-state index is 0.141. The number of hydrogen-bond acceptors (Lipinski definition) is 3. The molecule has 2 aromatic carbocycles. The molecule has 4 heteroatoms. The number of hydrogen-bond donors (Lipinski definition) is 1. The van der Waals surface area contributed by atoms with E-state index in [1.165, 1.54) is 16.8 Å². The summed E-state index contributed by atoms with van der Waals surface area (Å²) in [6.45, 7) is 2.12. The number of rotatable bonds is 2. The number of non-ortho nitro benzene ring substituents is 1. The molecule has 0 radical (unpaired) electrons. The van der Waals surface area contributed by atoms with Crippen LogP contribution in [0.1, 0.15) is 35.1 Å². The van der Waals surface area contributed by atoms with E-state index < -0.39 is 0 Å². The van der Waals surface area contributed by atoms with Crippen LogP contribution in [0.2, 0.25) is 0 Å². The molecule has 2 aromatic rings. The highest BCUT2D eigenvalue weighted by Crippen LogP contribution is 2.50. The SMILES string of the molecule is Cc1cccc2c1N[C@H](c1ccc([N+](=O)[O-])cc1)[C@H]1CC=C[C@H]21. The monoisotopic (exact) mass is 306 g/mol. The Kier molecular flexibility index (Phi) is 3.18. The molecule has 116 valence electrons. The second kappa shape index (κ2) is 5.23. The summed E-state index contributed by atoms with van der Waals surface area (Å²) >= 11 is 0. The highest BCUT2D eigenvalue weighted by Gasteiger charge is 2.38. The zero-order chi connectivity index (χ0) is 16.0. The summed E-state index contributed by atoms with van der Waals surface area (Å²) < 4.78 is 0. The third-order valence-corrected chi connectivity index (χ3v) is 5.07. The lowest BCUT2D eigenvalue weighted by molar-refractivity contribution is -0.384. The molecule has 0 aromatic heterocycles. The number of nitrogens with zero attached hydrogens (tertiary/aromatic N) is 1. The molecule has 0 fully saturated rings. The molecule has 0 spiro atoms. The van der Waals surface area contributed by atoms with Crippen molar-refractivity contribution < 1.29 is 4.92 Å². The molecule has 4 nitrogen and oxygen atoms in total. The fourth-order valence-corrected chi connectivity index (χ4v) is 3.91. The summed E-state index contributed by atoms with van der Waals surface area (Å²) in [4.78, 5) is 10.5. The molecule has 1 N–H and O–H groups in total. The summed E-state index contributed by atoms with van der Waals surface area (Å²) in [7, 11) is 0. The van der Waals surface area contributed by atoms with Crippen molar-refractivity contribution in [3.8, 4) is 0 Å². The Hall–Kier alpha value is -2.62. The van der Waals surface area contributed by atoms with Gasteiger partial charge in [0, 0.05) is 23.7 Å². The zero-order valence-electron chi connectivity index (χ0n) is 12.9. The molecule has 0 saturated carbocycles. The number of allylic oxidation sites excluding steroid dienone is 2. The van der Waals surface area contributed by atoms with Gasteiger partial charge in [-0.15, -0.1) is 0 Å². The summed E-state index contributed by atoms with van der Waals surface area (Å²) in [5.41, 5.74) is 5.07. The Morgan fingerprint density at radius 1 is 1.17 bits per heavy atom. The van der Waals surface area contributed by atoms with Gasteiger partial charge in [-0.1, -0.05) is 42.5 Å². The Bertz CT molecular complexity index is 796. The largest absolute Gasteiger partial charge is 0.377 e. The quantitative estimate of drug-likeness (QED) is 0.496. The van der Waals surface area contributed by atoms with E-state index in [2.05, 4.69) is 42.6 Å². The number of nitro groups is 1. The first kappa shape index (κ1) is 14.0. The smallest absolute Gasteiger partial charge is 0.269 e. The Morgan fingerprint density at radius 3 is 2.70 bits per heavy atom. The van der Waals surface area contributed by atoms with Crippen LogP contribution < -0.4 is 5.32 Å². The van der Waals surface area contributed by atoms with Crippen molar-refractivity contribution >= 4 is 11.4 Å². The normalized spacial score (nSPS) is 24.7. The van der Waals surface area contributed by atoms with Crippen LogP contribution in [-0.4, -0.2) is 4.92 Å². The average Bonchev–Trinajstić information content (AvgIpc) is 3.04. The lowest BCUT2D eigenvalue weighted by Gasteiger charge is -2.38. The molecule has 1 aliphatic heterocycles. The van der Waals surface area contributed by atoms with E-state index in [1.807, 2.05) is 12.1 Å². The molecule has 4 rings (SSSR count). The number of nitro benzene ring substituents is 1. The van der Waals surface area contributed by atoms with Crippen LogP contribution in [0.5, 0.6) is 0 Å². The minimum atomic E-state index is -0.350. The summed E-state index contributed by atoms with van der Waals surface area (Å²) in [5.74, 6) is 0.886. The van der Waals surface area contributed by atoms with Gasteiger partial charge in [0.1, 0.15) is 0 Å². The van der Waals surface area contributed by atoms with Crippen LogP contribution in [0, 0.1) is 23.0 Å². The minimum Gasteiger partial charge on any atom is -0.377 e. The van der Waals surface area contributed by atoms with Gasteiger partial charge in [0.2, 0.25) is 0 Å². The van der Waals surface area contributed by atoms with Gasteiger partial charge in [0.25, 0.3) is 5.69 Å². The molecule has 0 amide bonds. The van der Waals surface area contributed by atoms with Gasteiger partial charge in [0.05, 0.1) is 11.0 Å². The van der Waals surface area contributed by atoms with Crippen molar-refractivity contribution in [2.24, 2.45) is 5.92 Å². The Labute approximate surface area is 135 Å². The van der Waals surface area contributed by atoms with Crippen molar-refractivity contribution in [1.82, 2.24) is 0 Å². The average molecular weight is 306 g/mol. The van der Waals surface area contributed by atoms with Crippen LogP contribution in [0.25, 0.3) is 0 Å². The molecule has 23 heavy (non-hydrogen) atoms. The molecule has 1 aliphatic carbocycles. The zero-order valence-corrected chi connectivity index (χ0v) is 12.9. The van der Waals surface area contributed by atoms with E-state index in [-0.39, 0.29) is 16.7 Å². The predicted octanol–water partition coefficient (Wildman–Crippen LogP) is 4.73. The van der Waals surface area contributed by atoms with Crippen LogP contribution in [0.4, 0.5) is 11.4 Å². The van der Waals surface area contributed by atoms with Crippen molar-refractivity contribution in [3.63, 3.8) is 0 Å². The summed E-state index contributed by atoms with van der Waals surface area (Å²) in [6, 6.07) is 13.6. The first-order chi connectivity index (χ1) is 11.1. The lowest BCUT2D eigenvalue weighted by atomic mass is 9.76. The molecule has 0 bridgehead atoms. The third kappa shape index (κ3) is 2.22. The molecule has 2 aliphatic rings. The maximum absolute atomic E-state index is 10.9. The molecule has 0 saturated heterocycles. The maximum atomic E-state index is 10.9. The van der Waals surface area contributed by atoms with Crippen molar-refractivity contribution in [2.45, 2.75) is 25.3 Å². The van der Waals surface area contributed by atoms with Crippen LogP contribution in [-0.2, 0) is 0 Å². The first-order valence-corrected chi connectivity index (χ1v) is 7.92. The van der Waals surface area contributed by atoms with Crippen molar-refractivity contribution in [3.05, 3.63) is 81.4 Å². The number of nitrogens with one attached hydrogen (secondary N) is 1. The number of anilines is 1. The molecule has 3 atom stereocenters. The fourth-order valence-electron chi connectivity index (χ4n) is 3.91. The molecular weight excluding hydrogens is 288 g/mol. The third-order valence-electron chi connectivity index (χ3n) is 5.07. The lowest BCUT2D eigenvalue weighted by Crippen LogP contribution is -2.29. The number of aryl methyl sites for hydroxylation is 1. The van der Waals surface area contributed by atoms with Gasteiger partial charge in [-0.2, -0.15) is 0 Å².